The van der Waals surface area contributed by atoms with Crippen LogP contribution in [0.1, 0.15) is 63.5 Å². The van der Waals surface area contributed by atoms with E-state index in [1.165, 1.54) is 32.1 Å². The van der Waals surface area contributed by atoms with Crippen molar-refractivity contribution in [2.24, 2.45) is 5.92 Å². The maximum atomic E-state index is 3.75. The average molecular weight is 259 g/mol. The van der Waals surface area contributed by atoms with E-state index in [9.17, 15) is 0 Å². The van der Waals surface area contributed by atoms with Crippen LogP contribution in [0.25, 0.3) is 0 Å². The minimum Gasteiger partial charge on any atom is -0.314 e. The Hall–Kier alpha value is -0.820. The molecule has 0 amide bonds. The predicted molar refractivity (Wildman–Crippen MR) is 83.7 cm³/mol. The van der Waals surface area contributed by atoms with Crippen molar-refractivity contribution in [2.75, 3.05) is 6.54 Å². The van der Waals surface area contributed by atoms with Crippen molar-refractivity contribution >= 4 is 0 Å². The molecule has 0 fully saturated rings. The molecule has 0 radical (unpaired) electrons. The van der Waals surface area contributed by atoms with Crippen LogP contribution in [0.2, 0.25) is 0 Å². The summed E-state index contributed by atoms with van der Waals surface area (Å²) in [6.07, 6.45) is 6.58. The first-order chi connectivity index (χ1) is 9.26. The molecule has 1 nitrogen and oxygen atoms in total. The van der Waals surface area contributed by atoms with Gasteiger partial charge in [-0.3, -0.25) is 0 Å². The summed E-state index contributed by atoms with van der Waals surface area (Å²) in [6, 6.07) is 9.71. The van der Waals surface area contributed by atoms with Gasteiger partial charge in [-0.2, -0.15) is 0 Å². The maximum absolute atomic E-state index is 3.75. The summed E-state index contributed by atoms with van der Waals surface area (Å²) in [6.45, 7) is 8.03. The smallest absolute Gasteiger partial charge is 0.0138 e. The molecule has 1 aliphatic carbocycles. The van der Waals surface area contributed by atoms with Crippen molar-refractivity contribution in [1.29, 1.82) is 0 Å². The molecule has 2 rings (SSSR count). The van der Waals surface area contributed by atoms with E-state index >= 15 is 0 Å². The van der Waals surface area contributed by atoms with Crippen LogP contribution in [0.3, 0.4) is 0 Å². The van der Waals surface area contributed by atoms with Crippen molar-refractivity contribution in [3.8, 4) is 0 Å². The molecule has 1 aromatic rings. The van der Waals surface area contributed by atoms with Crippen LogP contribution in [0.5, 0.6) is 0 Å². The molecule has 19 heavy (non-hydrogen) atoms. The standard InChI is InChI=1S/C18H29N/c1-4-8-14(3)13-18(19-5-2)17-12-11-15-9-6-7-10-16(15)17/h6-7,9-10,14,17-19H,4-5,8,11-13H2,1-3H3. The van der Waals surface area contributed by atoms with Gasteiger partial charge in [-0.25, -0.2) is 0 Å². The molecule has 0 heterocycles. The first-order valence-corrected chi connectivity index (χ1v) is 8.07. The SMILES string of the molecule is CCCC(C)CC(NCC)C1CCc2ccccc21. The number of benzene rings is 1. The van der Waals surface area contributed by atoms with Crippen LogP contribution < -0.4 is 5.32 Å². The summed E-state index contributed by atoms with van der Waals surface area (Å²) >= 11 is 0. The molecule has 1 heteroatoms. The summed E-state index contributed by atoms with van der Waals surface area (Å²) in [4.78, 5) is 0. The van der Waals surface area contributed by atoms with Gasteiger partial charge in [0, 0.05) is 6.04 Å². The third-order valence-corrected chi connectivity index (χ3v) is 4.57. The minimum atomic E-state index is 0.662. The van der Waals surface area contributed by atoms with Crippen molar-refractivity contribution in [2.45, 2.75) is 64.8 Å². The zero-order valence-electron chi connectivity index (χ0n) is 12.8. The van der Waals surface area contributed by atoms with Gasteiger partial charge in [-0.15, -0.1) is 0 Å². The molecule has 3 unspecified atom stereocenters. The van der Waals surface area contributed by atoms with Gasteiger partial charge < -0.3 is 5.32 Å². The topological polar surface area (TPSA) is 12.0 Å². The first-order valence-electron chi connectivity index (χ1n) is 8.07. The second-order valence-electron chi connectivity index (χ2n) is 6.14. The molecule has 0 saturated carbocycles. The Kier molecular flexibility index (Phi) is 5.45. The number of hydrogen-bond donors (Lipinski definition) is 1. The Morgan fingerprint density at radius 1 is 1.26 bits per heavy atom. The van der Waals surface area contributed by atoms with E-state index in [-0.39, 0.29) is 0 Å². The predicted octanol–water partition coefficient (Wildman–Crippen LogP) is 4.52. The Balaban J connectivity index is 2.07. The monoisotopic (exact) mass is 259 g/mol. The number of hydrogen-bond acceptors (Lipinski definition) is 1. The minimum absolute atomic E-state index is 0.662. The third-order valence-electron chi connectivity index (χ3n) is 4.57. The fourth-order valence-corrected chi connectivity index (χ4v) is 3.70. The zero-order chi connectivity index (χ0) is 13.7. The van der Waals surface area contributed by atoms with Crippen LogP contribution in [0.4, 0.5) is 0 Å². The Labute approximate surface area is 118 Å². The van der Waals surface area contributed by atoms with E-state index in [1.54, 1.807) is 11.1 Å². The lowest BCUT2D eigenvalue weighted by Crippen LogP contribution is -2.35. The molecule has 1 aliphatic rings. The molecular weight excluding hydrogens is 230 g/mol. The molecular formula is C18H29N. The summed E-state index contributed by atoms with van der Waals surface area (Å²) in [5, 5.41) is 3.75. The number of likely N-dealkylation sites (N-methyl/N-ethyl adjacent to an activating group) is 1. The van der Waals surface area contributed by atoms with E-state index in [4.69, 9.17) is 0 Å². The van der Waals surface area contributed by atoms with Gasteiger partial charge in [0.1, 0.15) is 0 Å². The summed E-state index contributed by atoms with van der Waals surface area (Å²) in [5.74, 6) is 1.57. The maximum Gasteiger partial charge on any atom is 0.0138 e. The van der Waals surface area contributed by atoms with E-state index in [1.807, 2.05) is 0 Å². The molecule has 0 saturated heterocycles. The fourth-order valence-electron chi connectivity index (χ4n) is 3.70. The van der Waals surface area contributed by atoms with E-state index in [0.717, 1.165) is 18.4 Å². The lowest BCUT2D eigenvalue weighted by molar-refractivity contribution is 0.343. The van der Waals surface area contributed by atoms with Crippen molar-refractivity contribution in [1.82, 2.24) is 5.32 Å². The first kappa shape index (κ1) is 14.6. The lowest BCUT2D eigenvalue weighted by Gasteiger charge is -2.28. The highest BCUT2D eigenvalue weighted by Gasteiger charge is 2.29. The van der Waals surface area contributed by atoms with Crippen LogP contribution in [-0.2, 0) is 6.42 Å². The molecule has 0 bridgehead atoms. The molecule has 0 aliphatic heterocycles. The van der Waals surface area contributed by atoms with Gasteiger partial charge in [0.15, 0.2) is 0 Å². The zero-order valence-corrected chi connectivity index (χ0v) is 12.8. The highest BCUT2D eigenvalue weighted by molar-refractivity contribution is 5.36. The molecule has 106 valence electrons. The molecule has 1 aromatic carbocycles. The highest BCUT2D eigenvalue weighted by atomic mass is 14.9. The molecule has 3 atom stereocenters. The lowest BCUT2D eigenvalue weighted by atomic mass is 9.86. The van der Waals surface area contributed by atoms with Crippen LogP contribution in [0, 0.1) is 5.92 Å². The number of aryl methyl sites for hydroxylation is 1. The van der Waals surface area contributed by atoms with Gasteiger partial charge in [0.05, 0.1) is 0 Å². The Morgan fingerprint density at radius 2 is 2.05 bits per heavy atom. The normalized spacial score (nSPS) is 21.1. The van der Waals surface area contributed by atoms with E-state index < -0.39 is 0 Å². The van der Waals surface area contributed by atoms with Gasteiger partial charge in [0.2, 0.25) is 0 Å². The highest BCUT2D eigenvalue weighted by Crippen LogP contribution is 2.37. The van der Waals surface area contributed by atoms with Crippen molar-refractivity contribution < 1.29 is 0 Å². The number of fused-ring (bicyclic) bond motifs is 1. The number of rotatable bonds is 7. The average Bonchev–Trinajstić information content (AvgIpc) is 2.82. The number of nitrogens with one attached hydrogen (secondary N) is 1. The summed E-state index contributed by atoms with van der Waals surface area (Å²) in [7, 11) is 0. The summed E-state index contributed by atoms with van der Waals surface area (Å²) < 4.78 is 0. The van der Waals surface area contributed by atoms with Gasteiger partial charge >= 0.3 is 0 Å². The fraction of sp³-hybridized carbons (Fsp3) is 0.667. The van der Waals surface area contributed by atoms with E-state index in [2.05, 4.69) is 50.4 Å². The van der Waals surface area contributed by atoms with Gasteiger partial charge in [0.25, 0.3) is 0 Å². The summed E-state index contributed by atoms with van der Waals surface area (Å²) in [5.41, 5.74) is 3.19. The van der Waals surface area contributed by atoms with Crippen LogP contribution in [-0.4, -0.2) is 12.6 Å². The molecule has 0 aromatic heterocycles. The van der Waals surface area contributed by atoms with Crippen molar-refractivity contribution in [3.63, 3.8) is 0 Å². The molecule has 0 spiro atoms. The van der Waals surface area contributed by atoms with Crippen LogP contribution >= 0.6 is 0 Å². The Bertz CT molecular complexity index is 385. The largest absolute Gasteiger partial charge is 0.314 e. The van der Waals surface area contributed by atoms with Gasteiger partial charge in [-0.1, -0.05) is 57.9 Å². The Morgan fingerprint density at radius 3 is 2.79 bits per heavy atom. The van der Waals surface area contributed by atoms with Gasteiger partial charge in [-0.05, 0) is 48.8 Å². The van der Waals surface area contributed by atoms with Crippen molar-refractivity contribution in [3.05, 3.63) is 35.4 Å². The quantitative estimate of drug-likeness (QED) is 0.759. The second-order valence-corrected chi connectivity index (χ2v) is 6.14. The van der Waals surface area contributed by atoms with E-state index in [0.29, 0.717) is 6.04 Å². The van der Waals surface area contributed by atoms with Crippen LogP contribution in [0.15, 0.2) is 24.3 Å². The third kappa shape index (κ3) is 3.60. The molecule has 1 N–H and O–H groups in total. The second kappa shape index (κ2) is 7.09.